The van der Waals surface area contributed by atoms with Gasteiger partial charge in [-0.05, 0) is 30.5 Å². The Morgan fingerprint density at radius 1 is 1.25 bits per heavy atom. The van der Waals surface area contributed by atoms with Crippen LogP contribution in [0.3, 0.4) is 0 Å². The zero-order valence-corrected chi connectivity index (χ0v) is 14.8. The minimum Gasteiger partial charge on any atom is -0.322 e. The molecule has 0 saturated carbocycles. The summed E-state index contributed by atoms with van der Waals surface area (Å²) in [6, 6.07) is 7.80. The Morgan fingerprint density at radius 3 is 2.54 bits per heavy atom. The molecule has 0 fully saturated rings. The van der Waals surface area contributed by atoms with Crippen molar-refractivity contribution < 1.29 is 4.79 Å². The number of rotatable bonds is 3. The van der Waals surface area contributed by atoms with E-state index in [9.17, 15) is 4.79 Å². The van der Waals surface area contributed by atoms with Gasteiger partial charge in [0.05, 0.1) is 21.7 Å². The smallest absolute Gasteiger partial charge is 0.258 e. The van der Waals surface area contributed by atoms with Crippen molar-refractivity contribution in [2.45, 2.75) is 26.7 Å². The summed E-state index contributed by atoms with van der Waals surface area (Å²) in [6.45, 7) is 6.11. The van der Waals surface area contributed by atoms with Crippen LogP contribution in [0.4, 0.5) is 5.69 Å². The molecule has 1 N–H and O–H groups in total. The van der Waals surface area contributed by atoms with Crippen molar-refractivity contribution in [3.8, 4) is 0 Å². The van der Waals surface area contributed by atoms with Crippen molar-refractivity contribution >= 4 is 34.2 Å². The average Bonchev–Trinajstić information content (AvgIpc) is 2.83. The molecule has 1 aromatic carbocycles. The Kier molecular flexibility index (Phi) is 4.28. The highest BCUT2D eigenvalue weighted by molar-refractivity contribution is 6.39. The highest BCUT2D eigenvalue weighted by Gasteiger charge is 2.18. The summed E-state index contributed by atoms with van der Waals surface area (Å²) < 4.78 is 1.66. The van der Waals surface area contributed by atoms with E-state index in [0.29, 0.717) is 27.5 Å². The van der Waals surface area contributed by atoms with Crippen molar-refractivity contribution in [2.75, 3.05) is 5.32 Å². The third-order valence-corrected chi connectivity index (χ3v) is 4.44. The van der Waals surface area contributed by atoms with Crippen molar-refractivity contribution in [3.05, 3.63) is 52.3 Å². The standard InChI is InChI=1S/C18H19ClN4O/c1-10(2)12-5-7-13(8-6-12)21-18(24)14-9-20-17-15(16(14)19)11(3)22-23(17)4/h5-10H,1-4H3,(H,21,24). The first-order valence-corrected chi connectivity index (χ1v) is 8.15. The molecule has 24 heavy (non-hydrogen) atoms. The second kappa shape index (κ2) is 6.24. The van der Waals surface area contributed by atoms with Crippen molar-refractivity contribution in [1.82, 2.24) is 14.8 Å². The summed E-state index contributed by atoms with van der Waals surface area (Å²) in [4.78, 5) is 16.9. The van der Waals surface area contributed by atoms with Crippen LogP contribution in [0, 0.1) is 6.92 Å². The number of fused-ring (bicyclic) bond motifs is 1. The summed E-state index contributed by atoms with van der Waals surface area (Å²) in [7, 11) is 1.80. The van der Waals surface area contributed by atoms with Gasteiger partial charge >= 0.3 is 0 Å². The van der Waals surface area contributed by atoms with Gasteiger partial charge in [-0.25, -0.2) is 4.98 Å². The molecular formula is C18H19ClN4O. The number of hydrogen-bond acceptors (Lipinski definition) is 3. The largest absolute Gasteiger partial charge is 0.322 e. The molecule has 0 atom stereocenters. The molecular weight excluding hydrogens is 324 g/mol. The lowest BCUT2D eigenvalue weighted by Gasteiger charge is -2.09. The van der Waals surface area contributed by atoms with Crippen LogP contribution in [0.2, 0.25) is 5.02 Å². The first-order valence-electron chi connectivity index (χ1n) is 7.77. The molecule has 0 bridgehead atoms. The number of carbonyl (C=O) groups excluding carboxylic acids is 1. The first kappa shape index (κ1) is 16.5. The lowest BCUT2D eigenvalue weighted by atomic mass is 10.0. The molecule has 2 aromatic heterocycles. The number of pyridine rings is 1. The van der Waals surface area contributed by atoms with Gasteiger partial charge in [0.15, 0.2) is 5.65 Å². The number of aryl methyl sites for hydroxylation is 2. The second-order valence-corrected chi connectivity index (χ2v) is 6.50. The van der Waals surface area contributed by atoms with E-state index in [0.717, 1.165) is 11.4 Å². The molecule has 6 heteroatoms. The molecule has 0 saturated heterocycles. The van der Waals surface area contributed by atoms with E-state index < -0.39 is 0 Å². The minimum atomic E-state index is -0.282. The van der Waals surface area contributed by atoms with Crippen LogP contribution in [0.1, 0.15) is 41.4 Å². The fraction of sp³-hybridized carbons (Fsp3) is 0.278. The van der Waals surface area contributed by atoms with Crippen LogP contribution in [0.15, 0.2) is 30.5 Å². The lowest BCUT2D eigenvalue weighted by molar-refractivity contribution is 0.102. The number of amides is 1. The topological polar surface area (TPSA) is 59.8 Å². The normalized spacial score (nSPS) is 11.2. The first-order chi connectivity index (χ1) is 11.4. The maximum atomic E-state index is 12.6. The van der Waals surface area contributed by atoms with E-state index in [1.165, 1.54) is 11.8 Å². The average molecular weight is 343 g/mol. The highest BCUT2D eigenvalue weighted by atomic mass is 35.5. The van der Waals surface area contributed by atoms with Gasteiger partial charge in [0.1, 0.15) is 0 Å². The molecule has 3 aromatic rings. The Balaban J connectivity index is 1.91. The highest BCUT2D eigenvalue weighted by Crippen LogP contribution is 2.28. The number of benzene rings is 1. The number of halogens is 1. The van der Waals surface area contributed by atoms with Gasteiger partial charge in [-0.1, -0.05) is 37.6 Å². The Hall–Kier alpha value is -2.40. The number of aromatic nitrogens is 3. The molecule has 124 valence electrons. The Bertz CT molecular complexity index is 913. The molecule has 0 unspecified atom stereocenters. The van der Waals surface area contributed by atoms with Gasteiger partial charge in [-0.3, -0.25) is 9.48 Å². The molecule has 0 spiro atoms. The van der Waals surface area contributed by atoms with Crippen LogP contribution in [0.5, 0.6) is 0 Å². The van der Waals surface area contributed by atoms with Gasteiger partial charge in [-0.2, -0.15) is 5.10 Å². The molecule has 0 radical (unpaired) electrons. The second-order valence-electron chi connectivity index (χ2n) is 6.12. The monoisotopic (exact) mass is 342 g/mol. The van der Waals surface area contributed by atoms with E-state index in [1.807, 2.05) is 31.2 Å². The number of nitrogens with zero attached hydrogens (tertiary/aromatic N) is 3. The van der Waals surface area contributed by atoms with E-state index in [1.54, 1.807) is 11.7 Å². The summed E-state index contributed by atoms with van der Waals surface area (Å²) >= 11 is 6.43. The van der Waals surface area contributed by atoms with Crippen LogP contribution >= 0.6 is 11.6 Å². The number of hydrogen-bond donors (Lipinski definition) is 1. The number of anilines is 1. The summed E-state index contributed by atoms with van der Waals surface area (Å²) in [6.07, 6.45) is 1.49. The van der Waals surface area contributed by atoms with E-state index >= 15 is 0 Å². The van der Waals surface area contributed by atoms with Gasteiger partial charge in [0, 0.05) is 18.9 Å². The summed E-state index contributed by atoms with van der Waals surface area (Å²) in [5, 5.41) is 8.25. The predicted molar refractivity (Wildman–Crippen MR) is 96.7 cm³/mol. The van der Waals surface area contributed by atoms with E-state index in [-0.39, 0.29) is 5.91 Å². The predicted octanol–water partition coefficient (Wildman–Crippen LogP) is 4.31. The molecule has 3 rings (SSSR count). The van der Waals surface area contributed by atoms with E-state index in [4.69, 9.17) is 11.6 Å². The summed E-state index contributed by atoms with van der Waals surface area (Å²) in [5.41, 5.74) is 3.70. The number of carbonyl (C=O) groups is 1. The molecule has 0 aliphatic carbocycles. The lowest BCUT2D eigenvalue weighted by Crippen LogP contribution is -2.13. The van der Waals surface area contributed by atoms with Crippen LogP contribution in [0.25, 0.3) is 11.0 Å². The SMILES string of the molecule is Cc1nn(C)c2ncc(C(=O)Nc3ccc(C(C)C)cc3)c(Cl)c12. The van der Waals surface area contributed by atoms with Gasteiger partial charge < -0.3 is 5.32 Å². The van der Waals surface area contributed by atoms with Crippen LogP contribution < -0.4 is 5.32 Å². The number of nitrogens with one attached hydrogen (secondary N) is 1. The molecule has 2 heterocycles. The Labute approximate surface area is 145 Å². The zero-order chi connectivity index (χ0) is 17.4. The van der Waals surface area contributed by atoms with Crippen molar-refractivity contribution in [2.24, 2.45) is 7.05 Å². The minimum absolute atomic E-state index is 0.282. The summed E-state index contributed by atoms with van der Waals surface area (Å²) in [5.74, 6) is 0.166. The Morgan fingerprint density at radius 2 is 1.92 bits per heavy atom. The van der Waals surface area contributed by atoms with Crippen LogP contribution in [-0.2, 0) is 7.05 Å². The van der Waals surface area contributed by atoms with Crippen LogP contribution in [-0.4, -0.2) is 20.7 Å². The van der Waals surface area contributed by atoms with Crippen molar-refractivity contribution in [3.63, 3.8) is 0 Å². The van der Waals surface area contributed by atoms with Gasteiger partial charge in [0.2, 0.25) is 0 Å². The van der Waals surface area contributed by atoms with Crippen molar-refractivity contribution in [1.29, 1.82) is 0 Å². The van der Waals surface area contributed by atoms with Gasteiger partial charge in [-0.15, -0.1) is 0 Å². The molecule has 5 nitrogen and oxygen atoms in total. The quantitative estimate of drug-likeness (QED) is 0.771. The molecule has 1 amide bonds. The fourth-order valence-corrected chi connectivity index (χ4v) is 3.03. The third kappa shape index (κ3) is 2.87. The van der Waals surface area contributed by atoms with E-state index in [2.05, 4.69) is 29.2 Å². The third-order valence-electron chi connectivity index (χ3n) is 4.04. The van der Waals surface area contributed by atoms with Gasteiger partial charge in [0.25, 0.3) is 5.91 Å². The molecule has 0 aliphatic heterocycles. The maximum absolute atomic E-state index is 12.6. The maximum Gasteiger partial charge on any atom is 0.258 e. The fourth-order valence-electron chi connectivity index (χ4n) is 2.68. The zero-order valence-electron chi connectivity index (χ0n) is 14.1. The molecule has 0 aliphatic rings.